The zero-order chi connectivity index (χ0) is 11.7. The molecule has 0 saturated carbocycles. The fourth-order valence-electron chi connectivity index (χ4n) is 1.46. The molecule has 2 rings (SSSR count). The van der Waals surface area contributed by atoms with Gasteiger partial charge in [-0.15, -0.1) is 0 Å². The molecule has 6 nitrogen and oxygen atoms in total. The lowest BCUT2D eigenvalue weighted by Crippen LogP contribution is -2.03. The van der Waals surface area contributed by atoms with Crippen molar-refractivity contribution in [1.82, 2.24) is 19.7 Å². The summed E-state index contributed by atoms with van der Waals surface area (Å²) in [6, 6.07) is 0. The highest BCUT2D eigenvalue weighted by Crippen LogP contribution is 2.20. The van der Waals surface area contributed by atoms with Gasteiger partial charge in [0, 0.05) is 36.8 Å². The molecule has 0 aliphatic carbocycles. The van der Waals surface area contributed by atoms with Gasteiger partial charge in [0.05, 0.1) is 5.69 Å². The molecule has 0 unspecified atom stereocenters. The molecule has 0 aliphatic heterocycles. The molecule has 0 aromatic carbocycles. The predicted molar refractivity (Wildman–Crippen MR) is 55.9 cm³/mol. The zero-order valence-electron chi connectivity index (χ0n) is 8.88. The van der Waals surface area contributed by atoms with Crippen LogP contribution in [0.4, 0.5) is 0 Å². The first-order valence-corrected chi connectivity index (χ1v) is 4.64. The van der Waals surface area contributed by atoms with E-state index in [0.717, 1.165) is 16.8 Å². The van der Waals surface area contributed by atoms with Gasteiger partial charge in [-0.3, -0.25) is 4.68 Å². The van der Waals surface area contributed by atoms with Gasteiger partial charge in [0.2, 0.25) is 5.82 Å². The first-order valence-electron chi connectivity index (χ1n) is 4.64. The molecule has 1 N–H and O–H groups in total. The molecule has 0 bridgehead atoms. The standard InChI is InChI=1S/C10H10N4O2/c1-6-8(5-14(2)13-6)7-3-11-9(10(15)16)12-4-7/h3-5H,1-2H3,(H,15,16). The van der Waals surface area contributed by atoms with E-state index in [-0.39, 0.29) is 5.82 Å². The number of aryl methyl sites for hydroxylation is 2. The number of carboxylic acids is 1. The highest BCUT2D eigenvalue weighted by molar-refractivity contribution is 5.83. The summed E-state index contributed by atoms with van der Waals surface area (Å²) in [5.74, 6) is -1.33. The molecule has 0 radical (unpaired) electrons. The molecule has 2 heterocycles. The van der Waals surface area contributed by atoms with Crippen LogP contribution in [-0.2, 0) is 7.05 Å². The Kier molecular flexibility index (Phi) is 2.40. The van der Waals surface area contributed by atoms with Gasteiger partial charge in [0.15, 0.2) is 0 Å². The number of carbonyl (C=O) groups is 1. The number of hydrogen-bond donors (Lipinski definition) is 1. The van der Waals surface area contributed by atoms with Crippen molar-refractivity contribution in [3.63, 3.8) is 0 Å². The Morgan fingerprint density at radius 1 is 1.38 bits per heavy atom. The summed E-state index contributed by atoms with van der Waals surface area (Å²) in [7, 11) is 1.82. The van der Waals surface area contributed by atoms with Gasteiger partial charge >= 0.3 is 5.97 Å². The van der Waals surface area contributed by atoms with Crippen LogP contribution >= 0.6 is 0 Å². The van der Waals surface area contributed by atoms with Gasteiger partial charge in [-0.2, -0.15) is 5.10 Å². The van der Waals surface area contributed by atoms with Crippen molar-refractivity contribution >= 4 is 5.97 Å². The van der Waals surface area contributed by atoms with Crippen LogP contribution in [0.1, 0.15) is 16.3 Å². The van der Waals surface area contributed by atoms with Crippen LogP contribution in [0.3, 0.4) is 0 Å². The summed E-state index contributed by atoms with van der Waals surface area (Å²) < 4.78 is 1.69. The minimum atomic E-state index is -1.13. The van der Waals surface area contributed by atoms with E-state index in [1.807, 2.05) is 20.2 Å². The van der Waals surface area contributed by atoms with Crippen LogP contribution in [0, 0.1) is 6.92 Å². The van der Waals surface area contributed by atoms with Crippen molar-refractivity contribution in [2.45, 2.75) is 6.92 Å². The lowest BCUT2D eigenvalue weighted by molar-refractivity contribution is 0.0683. The van der Waals surface area contributed by atoms with Gasteiger partial charge in [-0.05, 0) is 6.92 Å². The van der Waals surface area contributed by atoms with E-state index in [2.05, 4.69) is 15.1 Å². The van der Waals surface area contributed by atoms with Crippen molar-refractivity contribution in [3.8, 4) is 11.1 Å². The number of hydrogen-bond acceptors (Lipinski definition) is 4. The van der Waals surface area contributed by atoms with Gasteiger partial charge in [-0.25, -0.2) is 14.8 Å². The summed E-state index contributed by atoms with van der Waals surface area (Å²) in [4.78, 5) is 18.1. The van der Waals surface area contributed by atoms with Crippen LogP contribution in [0.2, 0.25) is 0 Å². The van der Waals surface area contributed by atoms with Crippen LogP contribution < -0.4 is 0 Å². The largest absolute Gasteiger partial charge is 0.475 e. The smallest absolute Gasteiger partial charge is 0.373 e. The lowest BCUT2D eigenvalue weighted by atomic mass is 10.1. The van der Waals surface area contributed by atoms with Crippen molar-refractivity contribution in [2.75, 3.05) is 0 Å². The number of nitrogens with zero attached hydrogens (tertiary/aromatic N) is 4. The SMILES string of the molecule is Cc1nn(C)cc1-c1cnc(C(=O)O)nc1. The summed E-state index contributed by atoms with van der Waals surface area (Å²) in [6.45, 7) is 1.88. The van der Waals surface area contributed by atoms with E-state index in [4.69, 9.17) is 5.11 Å². The summed E-state index contributed by atoms with van der Waals surface area (Å²) >= 11 is 0. The van der Waals surface area contributed by atoms with Gasteiger partial charge in [-0.1, -0.05) is 0 Å². The predicted octanol–water partition coefficient (Wildman–Crippen LogP) is 0.884. The second-order valence-electron chi connectivity index (χ2n) is 3.40. The summed E-state index contributed by atoms with van der Waals surface area (Å²) in [6.07, 6.45) is 4.81. The number of aromatic nitrogens is 4. The molecule has 6 heteroatoms. The summed E-state index contributed by atoms with van der Waals surface area (Å²) in [5, 5.41) is 12.9. The maximum atomic E-state index is 10.6. The highest BCUT2D eigenvalue weighted by Gasteiger charge is 2.09. The average molecular weight is 218 g/mol. The van der Waals surface area contributed by atoms with E-state index in [1.54, 1.807) is 4.68 Å². The van der Waals surface area contributed by atoms with Gasteiger partial charge in [0.1, 0.15) is 0 Å². The molecular weight excluding hydrogens is 208 g/mol. The molecule has 0 amide bonds. The number of aromatic carboxylic acids is 1. The third-order valence-electron chi connectivity index (χ3n) is 2.17. The third-order valence-corrected chi connectivity index (χ3v) is 2.17. The van der Waals surface area contributed by atoms with Crippen LogP contribution in [0.5, 0.6) is 0 Å². The normalized spacial score (nSPS) is 10.4. The zero-order valence-corrected chi connectivity index (χ0v) is 8.88. The van der Waals surface area contributed by atoms with Gasteiger partial charge < -0.3 is 5.11 Å². The minimum Gasteiger partial charge on any atom is -0.475 e. The monoisotopic (exact) mass is 218 g/mol. The molecule has 16 heavy (non-hydrogen) atoms. The fraction of sp³-hybridized carbons (Fsp3) is 0.200. The minimum absolute atomic E-state index is 0.203. The van der Waals surface area contributed by atoms with Crippen LogP contribution in [-0.4, -0.2) is 30.8 Å². The topological polar surface area (TPSA) is 80.9 Å². The van der Waals surface area contributed by atoms with Crippen molar-refractivity contribution in [1.29, 1.82) is 0 Å². The summed E-state index contributed by atoms with van der Waals surface area (Å²) in [5.41, 5.74) is 2.52. The molecule has 82 valence electrons. The molecule has 0 saturated heterocycles. The lowest BCUT2D eigenvalue weighted by Gasteiger charge is -1.98. The molecular formula is C10H10N4O2. The Morgan fingerprint density at radius 3 is 2.44 bits per heavy atom. The molecule has 2 aromatic heterocycles. The van der Waals surface area contributed by atoms with Crippen molar-refractivity contribution in [3.05, 3.63) is 30.1 Å². The molecule has 2 aromatic rings. The first kappa shape index (κ1) is 10.3. The maximum Gasteiger partial charge on any atom is 0.373 e. The van der Waals surface area contributed by atoms with E-state index in [0.29, 0.717) is 0 Å². The van der Waals surface area contributed by atoms with Crippen LogP contribution in [0.15, 0.2) is 18.6 Å². The number of carboxylic acid groups (broad SMARTS) is 1. The van der Waals surface area contributed by atoms with E-state index in [9.17, 15) is 4.79 Å². The number of rotatable bonds is 2. The molecule has 0 aliphatic rings. The van der Waals surface area contributed by atoms with E-state index in [1.165, 1.54) is 12.4 Å². The Morgan fingerprint density at radius 2 is 2.00 bits per heavy atom. The molecule has 0 fully saturated rings. The van der Waals surface area contributed by atoms with Crippen molar-refractivity contribution < 1.29 is 9.90 Å². The molecule has 0 atom stereocenters. The first-order chi connectivity index (χ1) is 7.58. The maximum absolute atomic E-state index is 10.6. The second kappa shape index (κ2) is 3.73. The second-order valence-corrected chi connectivity index (χ2v) is 3.40. The van der Waals surface area contributed by atoms with Gasteiger partial charge in [0.25, 0.3) is 0 Å². The Balaban J connectivity index is 2.42. The van der Waals surface area contributed by atoms with E-state index < -0.39 is 5.97 Å². The average Bonchev–Trinajstić information content (AvgIpc) is 2.58. The Bertz CT molecular complexity index is 530. The third kappa shape index (κ3) is 1.77. The fourth-order valence-corrected chi connectivity index (χ4v) is 1.46. The molecule has 0 spiro atoms. The quantitative estimate of drug-likeness (QED) is 0.809. The van der Waals surface area contributed by atoms with Crippen LogP contribution in [0.25, 0.3) is 11.1 Å². The highest BCUT2D eigenvalue weighted by atomic mass is 16.4. The Hall–Kier alpha value is -2.24. The van der Waals surface area contributed by atoms with E-state index >= 15 is 0 Å². The Labute approximate surface area is 91.6 Å². The van der Waals surface area contributed by atoms with Crippen molar-refractivity contribution in [2.24, 2.45) is 7.05 Å².